The number of hydrogen-bond acceptors (Lipinski definition) is 5. The molecule has 0 aliphatic carbocycles. The van der Waals surface area contributed by atoms with E-state index in [0.717, 1.165) is 12.8 Å². The van der Waals surface area contributed by atoms with Crippen LogP contribution >= 0.6 is 0 Å². The molecule has 0 unspecified atom stereocenters. The lowest BCUT2D eigenvalue weighted by Crippen LogP contribution is -2.55. The van der Waals surface area contributed by atoms with E-state index in [1.54, 1.807) is 15.9 Å². The van der Waals surface area contributed by atoms with Gasteiger partial charge in [-0.1, -0.05) is 13.8 Å². The molecule has 1 amide bonds. The summed E-state index contributed by atoms with van der Waals surface area (Å²) in [5, 5.41) is 6.14. The second-order valence-corrected chi connectivity index (χ2v) is 7.94. The van der Waals surface area contributed by atoms with Crippen LogP contribution in [0.25, 0.3) is 0 Å². The Kier molecular flexibility index (Phi) is 6.13. The third-order valence-corrected chi connectivity index (χ3v) is 4.08. The number of ether oxygens (including phenoxy) is 1. The highest BCUT2D eigenvalue weighted by Gasteiger charge is 2.26. The number of carbonyl (C=O) groups is 1. The highest BCUT2D eigenvalue weighted by Crippen LogP contribution is 2.11. The maximum Gasteiger partial charge on any atom is 0.410 e. The molecule has 142 valence electrons. The molecule has 0 radical (unpaired) electrons. The minimum Gasteiger partial charge on any atom is -0.444 e. The van der Waals surface area contributed by atoms with E-state index >= 15 is 0 Å². The molecule has 0 atom stereocenters. The Morgan fingerprint density at radius 2 is 1.88 bits per heavy atom. The smallest absolute Gasteiger partial charge is 0.410 e. The van der Waals surface area contributed by atoms with Gasteiger partial charge in [0.15, 0.2) is 0 Å². The Balaban J connectivity index is 1.89. The molecule has 1 fully saturated rings. The van der Waals surface area contributed by atoms with Crippen molar-refractivity contribution in [2.45, 2.75) is 59.6 Å². The maximum atomic E-state index is 12.5. The van der Waals surface area contributed by atoms with Crippen molar-refractivity contribution in [3.63, 3.8) is 0 Å². The van der Waals surface area contributed by atoms with Crippen LogP contribution in [0.2, 0.25) is 0 Å². The maximum absolute atomic E-state index is 12.5. The normalized spacial score (nSPS) is 15.8. The van der Waals surface area contributed by atoms with Gasteiger partial charge in [-0.15, -0.1) is 0 Å². The Hall–Kier alpha value is -1.99. The summed E-state index contributed by atoms with van der Waals surface area (Å²) in [4.78, 5) is 26.2. The lowest BCUT2D eigenvalue weighted by molar-refractivity contribution is 0.0232. The first-order chi connectivity index (χ1) is 11.7. The summed E-state index contributed by atoms with van der Waals surface area (Å²) in [6, 6.07) is 0. The van der Waals surface area contributed by atoms with Crippen molar-refractivity contribution in [2.24, 2.45) is 5.92 Å². The highest BCUT2D eigenvalue weighted by molar-refractivity contribution is 5.68. The average molecular weight is 353 g/mol. The quantitative estimate of drug-likeness (QED) is 0.805. The van der Waals surface area contributed by atoms with E-state index in [2.05, 4.69) is 18.9 Å². The highest BCUT2D eigenvalue weighted by atomic mass is 16.6. The van der Waals surface area contributed by atoms with Gasteiger partial charge in [0.25, 0.3) is 0 Å². The van der Waals surface area contributed by atoms with Crippen LogP contribution in [0, 0.1) is 5.92 Å². The van der Waals surface area contributed by atoms with Crippen molar-refractivity contribution < 1.29 is 9.53 Å². The average Bonchev–Trinajstić information content (AvgIpc) is 2.87. The van der Waals surface area contributed by atoms with Crippen LogP contribution < -0.4 is 10.7 Å². The van der Waals surface area contributed by atoms with Crippen LogP contribution in [0.4, 0.5) is 4.79 Å². The van der Waals surface area contributed by atoms with Gasteiger partial charge in [-0.05, 0) is 39.5 Å². The fourth-order valence-corrected chi connectivity index (χ4v) is 2.75. The number of hydrogen-bond donors (Lipinski definition) is 0. The second-order valence-electron chi connectivity index (χ2n) is 7.94. The van der Waals surface area contributed by atoms with E-state index in [0.29, 0.717) is 38.6 Å². The zero-order chi connectivity index (χ0) is 18.6. The van der Waals surface area contributed by atoms with Gasteiger partial charge in [-0.25, -0.2) is 14.3 Å². The predicted octanol–water partition coefficient (Wildman–Crippen LogP) is 1.67. The summed E-state index contributed by atoms with van der Waals surface area (Å²) in [5.41, 5.74) is -0.614. The Morgan fingerprint density at radius 3 is 2.44 bits per heavy atom. The van der Waals surface area contributed by atoms with Gasteiger partial charge in [0.1, 0.15) is 11.9 Å². The molecule has 2 heterocycles. The summed E-state index contributed by atoms with van der Waals surface area (Å²) in [6.07, 6.45) is 3.29. The third-order valence-electron chi connectivity index (χ3n) is 4.08. The summed E-state index contributed by atoms with van der Waals surface area (Å²) >= 11 is 0. The number of rotatable bonds is 5. The van der Waals surface area contributed by atoms with Crippen molar-refractivity contribution in [3.8, 4) is 0 Å². The van der Waals surface area contributed by atoms with E-state index < -0.39 is 5.60 Å². The predicted molar refractivity (Wildman–Crippen MR) is 96.3 cm³/mol. The molecular weight excluding hydrogens is 322 g/mol. The Morgan fingerprint density at radius 1 is 1.24 bits per heavy atom. The van der Waals surface area contributed by atoms with Crippen LogP contribution in [-0.4, -0.2) is 57.2 Å². The molecule has 0 aromatic carbocycles. The van der Waals surface area contributed by atoms with Gasteiger partial charge in [-0.3, -0.25) is 0 Å². The number of carbonyl (C=O) groups excluding carboxylic acids is 1. The zero-order valence-electron chi connectivity index (χ0n) is 16.1. The fraction of sp³-hybridized carbons (Fsp3) is 0.824. The second kappa shape index (κ2) is 7.93. The topological polar surface area (TPSA) is 72.6 Å². The summed E-state index contributed by atoms with van der Waals surface area (Å²) in [6.45, 7) is 12.8. The molecule has 1 aromatic heterocycles. The molecule has 8 nitrogen and oxygen atoms in total. The first-order valence-corrected chi connectivity index (χ1v) is 9.05. The van der Waals surface area contributed by atoms with E-state index in [4.69, 9.17) is 4.74 Å². The van der Waals surface area contributed by atoms with Gasteiger partial charge >= 0.3 is 11.8 Å². The largest absolute Gasteiger partial charge is 0.444 e. The first kappa shape index (κ1) is 19.3. The van der Waals surface area contributed by atoms with Gasteiger partial charge in [-0.2, -0.15) is 9.77 Å². The van der Waals surface area contributed by atoms with Crippen LogP contribution in [0.5, 0.6) is 0 Å². The number of nitrogens with zero attached hydrogens (tertiary/aromatic N) is 5. The molecule has 8 heteroatoms. The van der Waals surface area contributed by atoms with Crippen molar-refractivity contribution >= 4 is 6.09 Å². The van der Waals surface area contributed by atoms with Crippen LogP contribution in [-0.2, 0) is 11.3 Å². The van der Waals surface area contributed by atoms with E-state index in [-0.39, 0.29) is 11.8 Å². The van der Waals surface area contributed by atoms with Crippen molar-refractivity contribution in [1.82, 2.24) is 19.4 Å². The molecule has 25 heavy (non-hydrogen) atoms. The summed E-state index contributed by atoms with van der Waals surface area (Å²) in [5.74, 6) is 0.624. The third kappa shape index (κ3) is 5.51. The molecule has 1 aromatic rings. The molecule has 0 N–H and O–H groups in total. The summed E-state index contributed by atoms with van der Waals surface area (Å²) in [7, 11) is 0. The van der Waals surface area contributed by atoms with Gasteiger partial charge in [0.05, 0.1) is 13.1 Å². The van der Waals surface area contributed by atoms with Crippen LogP contribution in [0.15, 0.2) is 11.1 Å². The van der Waals surface area contributed by atoms with Crippen molar-refractivity contribution in [3.05, 3.63) is 16.8 Å². The number of piperazine rings is 1. The lowest BCUT2D eigenvalue weighted by Gasteiger charge is -2.36. The van der Waals surface area contributed by atoms with E-state index in [9.17, 15) is 9.59 Å². The van der Waals surface area contributed by atoms with Crippen molar-refractivity contribution in [1.29, 1.82) is 0 Å². The molecular formula is C17H31N5O3. The number of amides is 1. The standard InChI is InChI=1S/C17H31N5O3/c1-14(2)7-6-8-21-15(23)22(13-18-21)20-11-9-19(10-12-20)16(24)25-17(3,4)5/h13-14H,6-12H2,1-5H3. The Bertz CT molecular complexity index is 621. The molecule has 0 saturated carbocycles. The van der Waals surface area contributed by atoms with Gasteiger partial charge in [0.2, 0.25) is 0 Å². The zero-order valence-corrected chi connectivity index (χ0v) is 16.1. The fourth-order valence-electron chi connectivity index (χ4n) is 2.75. The van der Waals surface area contributed by atoms with E-state index in [1.807, 2.05) is 25.8 Å². The van der Waals surface area contributed by atoms with Crippen LogP contribution in [0.1, 0.15) is 47.5 Å². The first-order valence-electron chi connectivity index (χ1n) is 9.05. The molecule has 1 saturated heterocycles. The minimum absolute atomic E-state index is 0.116. The molecule has 0 spiro atoms. The van der Waals surface area contributed by atoms with Gasteiger partial charge < -0.3 is 14.6 Å². The molecule has 1 aliphatic heterocycles. The molecule has 0 bridgehead atoms. The van der Waals surface area contributed by atoms with Gasteiger partial charge in [0, 0.05) is 19.6 Å². The minimum atomic E-state index is -0.498. The lowest BCUT2D eigenvalue weighted by atomic mass is 10.1. The monoisotopic (exact) mass is 353 g/mol. The van der Waals surface area contributed by atoms with E-state index in [1.165, 1.54) is 4.68 Å². The SMILES string of the molecule is CC(C)CCCn1ncn(N2CCN(C(=O)OC(C)(C)C)CC2)c1=O. The summed E-state index contributed by atoms with van der Waals surface area (Å²) < 4.78 is 8.47. The molecule has 1 aliphatic rings. The number of aryl methyl sites for hydroxylation is 1. The van der Waals surface area contributed by atoms with Crippen LogP contribution in [0.3, 0.4) is 0 Å². The van der Waals surface area contributed by atoms with Crippen molar-refractivity contribution in [2.75, 3.05) is 31.2 Å². The molecule has 2 rings (SSSR count). The number of aromatic nitrogens is 3. The Labute approximate surface area is 149 Å².